The second-order valence-corrected chi connectivity index (χ2v) is 4.05. The maximum Gasteiger partial charge on any atom is 0.416 e. The van der Waals surface area contributed by atoms with Crippen molar-refractivity contribution in [2.24, 2.45) is 0 Å². The Kier molecular flexibility index (Phi) is 3.79. The van der Waals surface area contributed by atoms with Crippen LogP contribution in [0.25, 0.3) is 0 Å². The van der Waals surface area contributed by atoms with Gasteiger partial charge in [0.05, 0.1) is 5.56 Å². The Labute approximate surface area is 96.4 Å². The minimum atomic E-state index is -4.59. The van der Waals surface area contributed by atoms with Gasteiger partial charge in [-0.25, -0.2) is 8.78 Å². The average Bonchev–Trinajstić information content (AvgIpc) is 2.15. The number of rotatable bonds is 3. The van der Waals surface area contributed by atoms with Gasteiger partial charge < -0.3 is 0 Å². The lowest BCUT2D eigenvalue weighted by Gasteiger charge is -2.16. The van der Waals surface area contributed by atoms with E-state index in [0.29, 0.717) is 31.4 Å². The van der Waals surface area contributed by atoms with Gasteiger partial charge in [0.2, 0.25) is 0 Å². The maximum atomic E-state index is 13.1. The SMILES string of the molecule is CCCc1cc(C(C)(F)F)cc(C(F)(F)F)c1. The van der Waals surface area contributed by atoms with Crippen LogP contribution in [-0.2, 0) is 18.5 Å². The van der Waals surface area contributed by atoms with Crippen LogP contribution in [0.1, 0.15) is 37.0 Å². The van der Waals surface area contributed by atoms with Gasteiger partial charge in [-0.3, -0.25) is 0 Å². The smallest absolute Gasteiger partial charge is 0.202 e. The van der Waals surface area contributed by atoms with Crippen LogP contribution in [-0.4, -0.2) is 0 Å². The molecule has 0 aromatic heterocycles. The van der Waals surface area contributed by atoms with Crippen molar-refractivity contribution in [1.82, 2.24) is 0 Å². The summed E-state index contributed by atoms with van der Waals surface area (Å²) in [7, 11) is 0. The van der Waals surface area contributed by atoms with Crippen LogP contribution in [0.5, 0.6) is 0 Å². The van der Waals surface area contributed by atoms with Crippen molar-refractivity contribution in [3.05, 3.63) is 34.9 Å². The largest absolute Gasteiger partial charge is 0.416 e. The molecule has 0 unspecified atom stereocenters. The van der Waals surface area contributed by atoms with Crippen LogP contribution in [0.3, 0.4) is 0 Å². The fourth-order valence-electron chi connectivity index (χ4n) is 1.54. The summed E-state index contributed by atoms with van der Waals surface area (Å²) in [6, 6.07) is 2.58. The molecule has 0 atom stereocenters. The summed E-state index contributed by atoms with van der Waals surface area (Å²) >= 11 is 0. The first-order valence-electron chi connectivity index (χ1n) is 5.24. The molecule has 0 radical (unpaired) electrons. The molecule has 0 N–H and O–H groups in total. The van der Waals surface area contributed by atoms with E-state index in [0.717, 1.165) is 12.1 Å². The number of halogens is 5. The summed E-state index contributed by atoms with van der Waals surface area (Å²) in [6.07, 6.45) is -3.63. The number of hydrogen-bond donors (Lipinski definition) is 0. The normalized spacial score (nSPS) is 12.9. The van der Waals surface area contributed by atoms with E-state index in [1.54, 1.807) is 6.92 Å². The number of benzene rings is 1. The fraction of sp³-hybridized carbons (Fsp3) is 0.500. The molecule has 0 aliphatic carbocycles. The molecule has 1 aromatic rings. The number of aryl methyl sites for hydroxylation is 1. The zero-order valence-corrected chi connectivity index (χ0v) is 9.54. The Morgan fingerprint density at radius 3 is 1.88 bits per heavy atom. The molecule has 0 amide bonds. The summed E-state index contributed by atoms with van der Waals surface area (Å²) in [5.41, 5.74) is -1.31. The van der Waals surface area contributed by atoms with Crippen molar-refractivity contribution in [3.63, 3.8) is 0 Å². The molecule has 0 spiro atoms. The summed E-state index contributed by atoms with van der Waals surface area (Å²) in [4.78, 5) is 0. The lowest BCUT2D eigenvalue weighted by atomic mass is 9.99. The molecule has 0 saturated heterocycles. The Hall–Kier alpha value is -1.13. The van der Waals surface area contributed by atoms with Gasteiger partial charge in [0.25, 0.3) is 5.92 Å². The quantitative estimate of drug-likeness (QED) is 0.680. The van der Waals surface area contributed by atoms with Crippen LogP contribution >= 0.6 is 0 Å². The van der Waals surface area contributed by atoms with E-state index in [2.05, 4.69) is 0 Å². The predicted molar refractivity (Wildman–Crippen MR) is 55.0 cm³/mol. The third kappa shape index (κ3) is 3.68. The van der Waals surface area contributed by atoms with Crippen LogP contribution in [0, 0.1) is 0 Å². The van der Waals surface area contributed by atoms with Crippen molar-refractivity contribution in [2.75, 3.05) is 0 Å². The topological polar surface area (TPSA) is 0 Å². The highest BCUT2D eigenvalue weighted by Crippen LogP contribution is 2.35. The van der Waals surface area contributed by atoms with Crippen molar-refractivity contribution in [2.45, 2.75) is 38.8 Å². The average molecular weight is 252 g/mol. The lowest BCUT2D eigenvalue weighted by molar-refractivity contribution is -0.137. The number of alkyl halides is 5. The van der Waals surface area contributed by atoms with Gasteiger partial charge >= 0.3 is 6.18 Å². The Morgan fingerprint density at radius 1 is 0.941 bits per heavy atom. The maximum absolute atomic E-state index is 13.1. The standard InChI is InChI=1S/C12H13F5/c1-3-4-8-5-9(11(2,13)14)7-10(6-8)12(15,16)17/h5-7H,3-4H2,1-2H3. The van der Waals surface area contributed by atoms with Gasteiger partial charge in [0, 0.05) is 12.5 Å². The van der Waals surface area contributed by atoms with Gasteiger partial charge in [-0.15, -0.1) is 0 Å². The van der Waals surface area contributed by atoms with Crippen molar-refractivity contribution >= 4 is 0 Å². The molecular weight excluding hydrogens is 239 g/mol. The Bertz CT molecular complexity index is 355. The minimum Gasteiger partial charge on any atom is -0.202 e. The first kappa shape index (κ1) is 13.9. The molecule has 0 fully saturated rings. The molecule has 0 aliphatic rings. The molecule has 0 aliphatic heterocycles. The predicted octanol–water partition coefficient (Wildman–Crippen LogP) is 4.77. The molecule has 0 saturated carbocycles. The van der Waals surface area contributed by atoms with E-state index in [1.807, 2.05) is 0 Å². The van der Waals surface area contributed by atoms with Crippen molar-refractivity contribution < 1.29 is 22.0 Å². The highest BCUT2D eigenvalue weighted by Gasteiger charge is 2.34. The minimum absolute atomic E-state index is 0.291. The molecule has 0 bridgehead atoms. The molecular formula is C12H13F5. The van der Waals surface area contributed by atoms with Crippen LogP contribution in [0.15, 0.2) is 18.2 Å². The molecule has 96 valence electrons. The first-order chi connectivity index (χ1) is 7.64. The molecule has 1 rings (SSSR count). The second-order valence-electron chi connectivity index (χ2n) is 4.05. The van der Waals surface area contributed by atoms with E-state index < -0.39 is 23.2 Å². The fourth-order valence-corrected chi connectivity index (χ4v) is 1.54. The van der Waals surface area contributed by atoms with Crippen molar-refractivity contribution in [3.8, 4) is 0 Å². The summed E-state index contributed by atoms with van der Waals surface area (Å²) in [6.45, 7) is 2.38. The Morgan fingerprint density at radius 2 is 1.47 bits per heavy atom. The van der Waals surface area contributed by atoms with E-state index >= 15 is 0 Å². The van der Waals surface area contributed by atoms with Crippen LogP contribution in [0.4, 0.5) is 22.0 Å². The van der Waals surface area contributed by atoms with E-state index in [1.165, 1.54) is 0 Å². The molecule has 0 nitrogen and oxygen atoms in total. The zero-order chi connectivity index (χ0) is 13.3. The zero-order valence-electron chi connectivity index (χ0n) is 9.54. The van der Waals surface area contributed by atoms with Crippen molar-refractivity contribution in [1.29, 1.82) is 0 Å². The van der Waals surface area contributed by atoms with E-state index in [4.69, 9.17) is 0 Å². The second kappa shape index (κ2) is 4.63. The summed E-state index contributed by atoms with van der Waals surface area (Å²) in [5, 5.41) is 0. The van der Waals surface area contributed by atoms with Gasteiger partial charge in [0.1, 0.15) is 0 Å². The molecule has 1 aromatic carbocycles. The molecule has 5 heteroatoms. The highest BCUT2D eigenvalue weighted by molar-refractivity contribution is 5.34. The van der Waals surface area contributed by atoms with E-state index in [-0.39, 0.29) is 0 Å². The van der Waals surface area contributed by atoms with Gasteiger partial charge in [-0.1, -0.05) is 13.3 Å². The Balaban J connectivity index is 3.29. The van der Waals surface area contributed by atoms with Gasteiger partial charge in [-0.2, -0.15) is 13.2 Å². The first-order valence-corrected chi connectivity index (χ1v) is 5.24. The third-order valence-corrected chi connectivity index (χ3v) is 2.37. The lowest BCUT2D eigenvalue weighted by Crippen LogP contribution is -2.12. The summed E-state index contributed by atoms with van der Waals surface area (Å²) < 4.78 is 63.7. The monoisotopic (exact) mass is 252 g/mol. The van der Waals surface area contributed by atoms with Gasteiger partial charge in [0.15, 0.2) is 0 Å². The highest BCUT2D eigenvalue weighted by atomic mass is 19.4. The van der Waals surface area contributed by atoms with Crippen LogP contribution in [0.2, 0.25) is 0 Å². The van der Waals surface area contributed by atoms with Crippen LogP contribution < -0.4 is 0 Å². The number of hydrogen-bond acceptors (Lipinski definition) is 0. The molecule has 17 heavy (non-hydrogen) atoms. The third-order valence-electron chi connectivity index (χ3n) is 2.37. The van der Waals surface area contributed by atoms with E-state index in [9.17, 15) is 22.0 Å². The molecule has 0 heterocycles. The summed E-state index contributed by atoms with van der Waals surface area (Å²) in [5.74, 6) is -3.26. The van der Waals surface area contributed by atoms with Gasteiger partial charge in [-0.05, 0) is 30.2 Å².